The predicted octanol–water partition coefficient (Wildman–Crippen LogP) is 4.68. The molecule has 0 aliphatic carbocycles. The van der Waals surface area contributed by atoms with Crippen LogP contribution in [0.4, 0.5) is 5.82 Å². The first-order chi connectivity index (χ1) is 12.1. The fourth-order valence-corrected chi connectivity index (χ4v) is 3.36. The molecule has 2 aromatic carbocycles. The molecule has 2 heterocycles. The molecule has 1 aromatic heterocycles. The van der Waals surface area contributed by atoms with Crippen molar-refractivity contribution >= 4 is 35.3 Å². The molecule has 1 aliphatic rings. The molecule has 1 aliphatic heterocycles. The standard InChI is InChI=1S/C19H14ClN3OS/c20-13-8-6-11(7-9-13)14-10-15(12-4-2-1-3-5-12)21-17-16(14)18(24)23-19(25)22-17/h1-10,14H,(H3,21,22,23,24,25). The Hall–Kier alpha value is -2.63. The highest BCUT2D eigenvalue weighted by atomic mass is 35.5. The Morgan fingerprint density at radius 2 is 1.68 bits per heavy atom. The van der Waals surface area contributed by atoms with Gasteiger partial charge in [-0.15, -0.1) is 0 Å². The highest BCUT2D eigenvalue weighted by Crippen LogP contribution is 2.36. The minimum atomic E-state index is -0.209. The van der Waals surface area contributed by atoms with Crippen LogP contribution < -0.4 is 10.9 Å². The normalized spacial score (nSPS) is 15.9. The number of anilines is 1. The predicted molar refractivity (Wildman–Crippen MR) is 104 cm³/mol. The fraction of sp³-hybridized carbons (Fsp3) is 0.0526. The van der Waals surface area contributed by atoms with Crippen molar-refractivity contribution in [1.82, 2.24) is 9.97 Å². The molecule has 0 spiro atoms. The van der Waals surface area contributed by atoms with Crippen molar-refractivity contribution in [3.8, 4) is 0 Å². The zero-order valence-corrected chi connectivity index (χ0v) is 14.6. The van der Waals surface area contributed by atoms with E-state index in [0.29, 0.717) is 21.2 Å². The molecule has 6 heteroatoms. The molecule has 0 bridgehead atoms. The Labute approximate surface area is 154 Å². The zero-order chi connectivity index (χ0) is 17.4. The number of rotatable bonds is 2. The Kier molecular flexibility index (Phi) is 4.03. The molecule has 3 aromatic rings. The monoisotopic (exact) mass is 367 g/mol. The topological polar surface area (TPSA) is 60.7 Å². The van der Waals surface area contributed by atoms with Crippen LogP contribution in [0.15, 0.2) is 65.5 Å². The summed E-state index contributed by atoms with van der Waals surface area (Å²) in [6, 6.07) is 17.5. The molecule has 4 rings (SSSR count). The lowest BCUT2D eigenvalue weighted by Crippen LogP contribution is -2.24. The van der Waals surface area contributed by atoms with E-state index >= 15 is 0 Å². The molecule has 0 fully saturated rings. The van der Waals surface area contributed by atoms with Gasteiger partial charge >= 0.3 is 0 Å². The van der Waals surface area contributed by atoms with E-state index in [1.165, 1.54) is 0 Å². The van der Waals surface area contributed by atoms with Crippen molar-refractivity contribution in [2.24, 2.45) is 0 Å². The van der Waals surface area contributed by atoms with E-state index in [0.717, 1.165) is 16.8 Å². The number of aromatic nitrogens is 2. The number of H-pyrrole nitrogens is 2. The fourth-order valence-electron chi connectivity index (χ4n) is 3.04. The first-order valence-electron chi connectivity index (χ1n) is 7.78. The number of fused-ring (bicyclic) bond motifs is 1. The van der Waals surface area contributed by atoms with Gasteiger partial charge in [0.05, 0.1) is 5.56 Å². The van der Waals surface area contributed by atoms with Gasteiger partial charge in [-0.25, -0.2) is 0 Å². The summed E-state index contributed by atoms with van der Waals surface area (Å²) in [5.41, 5.74) is 3.35. The summed E-state index contributed by atoms with van der Waals surface area (Å²) >= 11 is 11.1. The summed E-state index contributed by atoms with van der Waals surface area (Å²) in [4.78, 5) is 18.3. The van der Waals surface area contributed by atoms with Crippen molar-refractivity contribution in [2.75, 3.05) is 5.32 Å². The maximum atomic E-state index is 12.5. The lowest BCUT2D eigenvalue weighted by atomic mass is 9.88. The summed E-state index contributed by atoms with van der Waals surface area (Å²) in [7, 11) is 0. The minimum absolute atomic E-state index is 0.199. The second-order valence-electron chi connectivity index (χ2n) is 5.80. The summed E-state index contributed by atoms with van der Waals surface area (Å²) in [5, 5.41) is 3.96. The van der Waals surface area contributed by atoms with Gasteiger partial charge in [-0.2, -0.15) is 0 Å². The SMILES string of the molecule is O=c1[nH]c(=S)[nH]c2c1C(c1ccc(Cl)cc1)C=C(c1ccccc1)N2. The largest absolute Gasteiger partial charge is 0.341 e. The van der Waals surface area contributed by atoms with Crippen LogP contribution in [-0.4, -0.2) is 9.97 Å². The maximum absolute atomic E-state index is 12.5. The molecule has 0 saturated carbocycles. The third kappa shape index (κ3) is 3.04. The van der Waals surface area contributed by atoms with Crippen molar-refractivity contribution < 1.29 is 0 Å². The Morgan fingerprint density at radius 1 is 0.960 bits per heavy atom. The molecule has 0 saturated heterocycles. The number of nitrogens with one attached hydrogen (secondary N) is 3. The zero-order valence-electron chi connectivity index (χ0n) is 13.0. The number of hydrogen-bond acceptors (Lipinski definition) is 3. The highest BCUT2D eigenvalue weighted by Gasteiger charge is 2.26. The van der Waals surface area contributed by atoms with E-state index in [4.69, 9.17) is 23.8 Å². The van der Waals surface area contributed by atoms with Gasteiger partial charge in [-0.3, -0.25) is 9.78 Å². The van der Waals surface area contributed by atoms with Crippen LogP contribution in [0.2, 0.25) is 5.02 Å². The van der Waals surface area contributed by atoms with Crippen LogP contribution in [0.5, 0.6) is 0 Å². The van der Waals surface area contributed by atoms with Crippen molar-refractivity contribution in [1.29, 1.82) is 0 Å². The quantitative estimate of drug-likeness (QED) is 0.576. The lowest BCUT2D eigenvalue weighted by Gasteiger charge is -2.25. The van der Waals surface area contributed by atoms with E-state index < -0.39 is 0 Å². The number of benzene rings is 2. The van der Waals surface area contributed by atoms with E-state index in [1.54, 1.807) is 0 Å². The van der Waals surface area contributed by atoms with E-state index in [-0.39, 0.29) is 11.5 Å². The van der Waals surface area contributed by atoms with Gasteiger partial charge in [0.25, 0.3) is 5.56 Å². The van der Waals surface area contributed by atoms with Gasteiger partial charge < -0.3 is 10.3 Å². The number of allylic oxidation sites excluding steroid dienone is 1. The molecule has 25 heavy (non-hydrogen) atoms. The van der Waals surface area contributed by atoms with Gasteiger partial charge in [-0.1, -0.05) is 54.1 Å². The second kappa shape index (κ2) is 6.35. The third-order valence-corrected chi connectivity index (χ3v) is 4.65. The van der Waals surface area contributed by atoms with E-state index in [9.17, 15) is 4.79 Å². The molecule has 0 radical (unpaired) electrons. The summed E-state index contributed by atoms with van der Waals surface area (Å²) < 4.78 is 0.292. The summed E-state index contributed by atoms with van der Waals surface area (Å²) in [5.74, 6) is 0.411. The molecular weight excluding hydrogens is 354 g/mol. The maximum Gasteiger partial charge on any atom is 0.257 e. The number of hydrogen-bond donors (Lipinski definition) is 3. The van der Waals surface area contributed by atoms with Crippen molar-refractivity contribution in [3.63, 3.8) is 0 Å². The summed E-state index contributed by atoms with van der Waals surface area (Å²) in [6.45, 7) is 0. The van der Waals surface area contributed by atoms with Gasteiger partial charge in [-0.05, 0) is 41.6 Å². The molecule has 1 unspecified atom stereocenters. The number of halogens is 1. The Bertz CT molecular complexity index is 1070. The molecule has 4 nitrogen and oxygen atoms in total. The van der Waals surface area contributed by atoms with E-state index in [1.807, 2.05) is 60.7 Å². The van der Waals surface area contributed by atoms with Crippen LogP contribution in [0, 0.1) is 4.77 Å². The Morgan fingerprint density at radius 3 is 2.40 bits per heavy atom. The van der Waals surface area contributed by atoms with Crippen LogP contribution in [0.25, 0.3) is 5.70 Å². The van der Waals surface area contributed by atoms with Gasteiger partial charge in [0.2, 0.25) is 0 Å². The number of aromatic amines is 2. The van der Waals surface area contributed by atoms with Gasteiger partial charge in [0, 0.05) is 16.6 Å². The van der Waals surface area contributed by atoms with Gasteiger partial charge in [0.1, 0.15) is 5.82 Å². The second-order valence-corrected chi connectivity index (χ2v) is 6.64. The minimum Gasteiger partial charge on any atom is -0.341 e. The molecule has 1 atom stereocenters. The third-order valence-electron chi connectivity index (χ3n) is 4.20. The van der Waals surface area contributed by atoms with Crippen LogP contribution in [0.1, 0.15) is 22.6 Å². The molecular formula is C19H14ClN3OS. The molecule has 3 N–H and O–H groups in total. The highest BCUT2D eigenvalue weighted by molar-refractivity contribution is 7.71. The van der Waals surface area contributed by atoms with Crippen LogP contribution >= 0.6 is 23.8 Å². The van der Waals surface area contributed by atoms with Crippen LogP contribution in [-0.2, 0) is 0 Å². The van der Waals surface area contributed by atoms with Gasteiger partial charge in [0.15, 0.2) is 4.77 Å². The van der Waals surface area contributed by atoms with Crippen molar-refractivity contribution in [3.05, 3.63) is 97.5 Å². The average Bonchev–Trinajstić information content (AvgIpc) is 2.62. The van der Waals surface area contributed by atoms with Crippen LogP contribution in [0.3, 0.4) is 0 Å². The average molecular weight is 368 g/mol. The molecule has 0 amide bonds. The first-order valence-corrected chi connectivity index (χ1v) is 8.56. The Balaban J connectivity index is 1.93. The molecule has 124 valence electrons. The summed E-state index contributed by atoms with van der Waals surface area (Å²) in [6.07, 6.45) is 2.05. The van der Waals surface area contributed by atoms with Crippen molar-refractivity contribution in [2.45, 2.75) is 5.92 Å². The lowest BCUT2D eigenvalue weighted by molar-refractivity contribution is 0.930. The van der Waals surface area contributed by atoms with E-state index in [2.05, 4.69) is 15.3 Å². The first kappa shape index (κ1) is 15.9. The smallest absolute Gasteiger partial charge is 0.257 e.